The van der Waals surface area contributed by atoms with Crippen molar-refractivity contribution in [2.24, 2.45) is 5.41 Å². The molecule has 0 saturated heterocycles. The van der Waals surface area contributed by atoms with Gasteiger partial charge in [-0.05, 0) is 43.0 Å². The standard InChI is InChI=1S/C11H10BrFO/c12-9-3-8(4-10(13)5-9)6-11(7-14)1-2-11/h3-5,7H,1-2,6H2. The first-order valence-electron chi connectivity index (χ1n) is 4.55. The lowest BCUT2D eigenvalue weighted by Gasteiger charge is -2.07. The number of benzene rings is 1. The van der Waals surface area contributed by atoms with Crippen LogP contribution in [0.3, 0.4) is 0 Å². The molecule has 1 nitrogen and oxygen atoms in total. The average Bonchev–Trinajstić information content (AvgIpc) is 2.83. The van der Waals surface area contributed by atoms with Crippen molar-refractivity contribution in [3.8, 4) is 0 Å². The Morgan fingerprint density at radius 1 is 1.43 bits per heavy atom. The van der Waals surface area contributed by atoms with Crippen molar-refractivity contribution in [2.75, 3.05) is 0 Å². The van der Waals surface area contributed by atoms with Gasteiger partial charge in [0.15, 0.2) is 0 Å². The van der Waals surface area contributed by atoms with Gasteiger partial charge in [-0.25, -0.2) is 4.39 Å². The Balaban J connectivity index is 2.20. The van der Waals surface area contributed by atoms with Gasteiger partial charge in [-0.1, -0.05) is 15.9 Å². The van der Waals surface area contributed by atoms with Crippen molar-refractivity contribution in [1.29, 1.82) is 0 Å². The van der Waals surface area contributed by atoms with Crippen LogP contribution in [0.15, 0.2) is 22.7 Å². The zero-order valence-corrected chi connectivity index (χ0v) is 9.18. The smallest absolute Gasteiger partial charge is 0.126 e. The second-order valence-electron chi connectivity index (χ2n) is 3.93. The van der Waals surface area contributed by atoms with E-state index in [1.165, 1.54) is 12.1 Å². The number of carbonyl (C=O) groups excluding carboxylic acids is 1. The summed E-state index contributed by atoms with van der Waals surface area (Å²) in [4.78, 5) is 10.8. The molecule has 1 saturated carbocycles. The lowest BCUT2D eigenvalue weighted by molar-refractivity contribution is -0.112. The summed E-state index contributed by atoms with van der Waals surface area (Å²) in [6, 6.07) is 4.78. The lowest BCUT2D eigenvalue weighted by atomic mass is 9.98. The maximum atomic E-state index is 13.0. The van der Waals surface area contributed by atoms with Crippen LogP contribution in [0, 0.1) is 11.2 Å². The van der Waals surface area contributed by atoms with Crippen LogP contribution < -0.4 is 0 Å². The fourth-order valence-corrected chi connectivity index (χ4v) is 2.13. The van der Waals surface area contributed by atoms with Gasteiger partial charge in [0.2, 0.25) is 0 Å². The molecule has 0 spiro atoms. The summed E-state index contributed by atoms with van der Waals surface area (Å²) in [6.45, 7) is 0. The van der Waals surface area contributed by atoms with Gasteiger partial charge in [-0.2, -0.15) is 0 Å². The van der Waals surface area contributed by atoms with E-state index < -0.39 is 0 Å². The van der Waals surface area contributed by atoms with Gasteiger partial charge in [0, 0.05) is 9.89 Å². The molecular formula is C11H10BrFO. The van der Waals surface area contributed by atoms with E-state index in [0.717, 1.165) is 29.2 Å². The molecule has 1 aromatic carbocycles. The summed E-state index contributed by atoms with van der Waals surface area (Å²) in [7, 11) is 0. The molecule has 0 aromatic heterocycles. The number of carbonyl (C=O) groups is 1. The quantitative estimate of drug-likeness (QED) is 0.760. The molecule has 14 heavy (non-hydrogen) atoms. The predicted molar refractivity (Wildman–Crippen MR) is 55.5 cm³/mol. The minimum atomic E-state index is -0.254. The van der Waals surface area contributed by atoms with E-state index in [4.69, 9.17) is 0 Å². The van der Waals surface area contributed by atoms with Gasteiger partial charge < -0.3 is 4.79 Å². The minimum absolute atomic E-state index is 0.187. The van der Waals surface area contributed by atoms with Crippen LogP contribution in [0.4, 0.5) is 4.39 Å². The summed E-state index contributed by atoms with van der Waals surface area (Å²) >= 11 is 3.23. The molecule has 0 radical (unpaired) electrons. The highest BCUT2D eigenvalue weighted by Crippen LogP contribution is 2.46. The van der Waals surface area contributed by atoms with Crippen LogP contribution in [0.1, 0.15) is 18.4 Å². The minimum Gasteiger partial charge on any atom is -0.303 e. The Morgan fingerprint density at radius 3 is 2.64 bits per heavy atom. The topological polar surface area (TPSA) is 17.1 Å². The molecule has 0 unspecified atom stereocenters. The third-order valence-electron chi connectivity index (χ3n) is 2.62. The fourth-order valence-electron chi connectivity index (χ4n) is 1.62. The Bertz CT molecular complexity index is 351. The van der Waals surface area contributed by atoms with E-state index in [1.807, 2.05) is 6.07 Å². The normalized spacial score (nSPS) is 17.9. The molecule has 1 fully saturated rings. The number of rotatable bonds is 3. The second kappa shape index (κ2) is 3.46. The molecule has 0 bridgehead atoms. The SMILES string of the molecule is O=CC1(Cc2cc(F)cc(Br)c2)CC1. The highest BCUT2D eigenvalue weighted by Gasteiger charge is 2.42. The predicted octanol–water partition coefficient (Wildman–Crippen LogP) is 3.11. The average molecular weight is 257 g/mol. The number of halogens is 2. The van der Waals surface area contributed by atoms with E-state index in [0.29, 0.717) is 6.42 Å². The van der Waals surface area contributed by atoms with Gasteiger partial charge in [0.05, 0.1) is 0 Å². The first-order chi connectivity index (χ1) is 6.63. The zero-order valence-electron chi connectivity index (χ0n) is 7.59. The Kier molecular flexibility index (Phi) is 2.43. The molecule has 74 valence electrons. The molecule has 1 aliphatic rings. The van der Waals surface area contributed by atoms with Crippen LogP contribution >= 0.6 is 15.9 Å². The zero-order chi connectivity index (χ0) is 10.2. The summed E-state index contributed by atoms with van der Waals surface area (Å²) < 4.78 is 13.7. The van der Waals surface area contributed by atoms with E-state index in [9.17, 15) is 9.18 Å². The Labute approximate surface area is 90.4 Å². The first-order valence-corrected chi connectivity index (χ1v) is 5.34. The van der Waals surface area contributed by atoms with Crippen LogP contribution in [0.5, 0.6) is 0 Å². The van der Waals surface area contributed by atoms with Crippen molar-refractivity contribution in [1.82, 2.24) is 0 Å². The largest absolute Gasteiger partial charge is 0.303 e. The van der Waals surface area contributed by atoms with Crippen LogP contribution in [-0.2, 0) is 11.2 Å². The van der Waals surface area contributed by atoms with Crippen LogP contribution in [-0.4, -0.2) is 6.29 Å². The third kappa shape index (κ3) is 2.03. The molecule has 3 heteroatoms. The summed E-state index contributed by atoms with van der Waals surface area (Å²) in [5, 5.41) is 0. The molecule has 0 aliphatic heterocycles. The van der Waals surface area contributed by atoms with Gasteiger partial charge >= 0.3 is 0 Å². The molecule has 0 N–H and O–H groups in total. The highest BCUT2D eigenvalue weighted by molar-refractivity contribution is 9.10. The molecule has 1 aliphatic carbocycles. The van der Waals surface area contributed by atoms with Crippen molar-refractivity contribution >= 4 is 22.2 Å². The van der Waals surface area contributed by atoms with Gasteiger partial charge in [-0.15, -0.1) is 0 Å². The molecule has 0 heterocycles. The van der Waals surface area contributed by atoms with Crippen molar-refractivity contribution < 1.29 is 9.18 Å². The third-order valence-corrected chi connectivity index (χ3v) is 3.08. The summed E-state index contributed by atoms with van der Waals surface area (Å²) in [6.07, 6.45) is 3.54. The van der Waals surface area contributed by atoms with Crippen molar-refractivity contribution in [2.45, 2.75) is 19.3 Å². The molecule has 0 atom stereocenters. The number of hydrogen-bond acceptors (Lipinski definition) is 1. The van der Waals surface area contributed by atoms with Gasteiger partial charge in [0.1, 0.15) is 12.1 Å². The van der Waals surface area contributed by atoms with Crippen molar-refractivity contribution in [3.05, 3.63) is 34.1 Å². The summed E-state index contributed by atoms with van der Waals surface area (Å²) in [5.41, 5.74) is 0.703. The molecular weight excluding hydrogens is 247 g/mol. The van der Waals surface area contributed by atoms with E-state index in [1.54, 1.807) is 0 Å². The maximum absolute atomic E-state index is 13.0. The number of hydrogen-bond donors (Lipinski definition) is 0. The molecule has 2 rings (SSSR count). The first kappa shape index (κ1) is 9.84. The second-order valence-corrected chi connectivity index (χ2v) is 4.85. The van der Waals surface area contributed by atoms with Crippen LogP contribution in [0.25, 0.3) is 0 Å². The van der Waals surface area contributed by atoms with E-state index >= 15 is 0 Å². The number of aldehydes is 1. The van der Waals surface area contributed by atoms with Crippen molar-refractivity contribution in [3.63, 3.8) is 0 Å². The van der Waals surface area contributed by atoms with E-state index in [2.05, 4.69) is 15.9 Å². The highest BCUT2D eigenvalue weighted by atomic mass is 79.9. The van der Waals surface area contributed by atoms with E-state index in [-0.39, 0.29) is 11.2 Å². The Morgan fingerprint density at radius 2 is 2.14 bits per heavy atom. The van der Waals surface area contributed by atoms with Crippen LogP contribution in [0.2, 0.25) is 0 Å². The fraction of sp³-hybridized carbons (Fsp3) is 0.364. The lowest BCUT2D eigenvalue weighted by Crippen LogP contribution is -2.06. The maximum Gasteiger partial charge on any atom is 0.126 e. The van der Waals surface area contributed by atoms with Gasteiger partial charge in [0.25, 0.3) is 0 Å². The molecule has 0 amide bonds. The van der Waals surface area contributed by atoms with Gasteiger partial charge in [-0.3, -0.25) is 0 Å². The molecule has 1 aromatic rings. The Hall–Kier alpha value is -0.700. The summed E-state index contributed by atoms with van der Waals surface area (Å²) in [5.74, 6) is -0.254. The monoisotopic (exact) mass is 256 g/mol.